The molecule has 3 rings (SSSR count). The first-order chi connectivity index (χ1) is 11.8. The van der Waals surface area contributed by atoms with Gasteiger partial charge in [0.05, 0.1) is 14.8 Å². The Labute approximate surface area is 155 Å². The molecule has 0 spiro atoms. The Morgan fingerprint density at radius 3 is 2.28 bits per heavy atom. The molecule has 0 bridgehead atoms. The molecule has 0 N–H and O–H groups in total. The van der Waals surface area contributed by atoms with Crippen molar-refractivity contribution in [2.75, 3.05) is 0 Å². The SMILES string of the molecule is C=[N+]1C=C([Si](C)(C)C)C(CC2CCCC2)=C[C-]1c1c(C)cccc1C. The minimum Gasteiger partial charge on any atom is -0.255 e. The number of hydrogen-bond acceptors (Lipinski definition) is 0. The first kappa shape index (κ1) is 18.3. The zero-order valence-corrected chi connectivity index (χ0v) is 17.7. The summed E-state index contributed by atoms with van der Waals surface area (Å²) in [5, 5.41) is 1.59. The molecule has 0 radical (unpaired) electrons. The zero-order chi connectivity index (χ0) is 18.2. The van der Waals surface area contributed by atoms with Crippen molar-refractivity contribution in [1.29, 1.82) is 0 Å². The van der Waals surface area contributed by atoms with E-state index in [0.717, 1.165) is 5.92 Å². The van der Waals surface area contributed by atoms with E-state index in [2.05, 4.69) is 75.3 Å². The van der Waals surface area contributed by atoms with Crippen LogP contribution in [0.4, 0.5) is 0 Å². The zero-order valence-electron chi connectivity index (χ0n) is 16.7. The van der Waals surface area contributed by atoms with E-state index in [0.29, 0.717) is 0 Å². The van der Waals surface area contributed by atoms with E-state index in [1.54, 1.807) is 10.8 Å². The van der Waals surface area contributed by atoms with Crippen LogP contribution in [-0.4, -0.2) is 19.4 Å². The van der Waals surface area contributed by atoms with E-state index in [1.807, 2.05) is 0 Å². The lowest BCUT2D eigenvalue weighted by atomic mass is 9.89. The summed E-state index contributed by atoms with van der Waals surface area (Å²) >= 11 is 0. The summed E-state index contributed by atoms with van der Waals surface area (Å²) in [5.41, 5.74) is 5.62. The Morgan fingerprint density at radius 2 is 1.72 bits per heavy atom. The number of benzene rings is 1. The third kappa shape index (κ3) is 3.84. The van der Waals surface area contributed by atoms with Crippen LogP contribution in [0.2, 0.25) is 19.6 Å². The lowest BCUT2D eigenvalue weighted by Crippen LogP contribution is -2.31. The minimum absolute atomic E-state index is 0.876. The van der Waals surface area contributed by atoms with Crippen LogP contribution >= 0.6 is 0 Å². The lowest BCUT2D eigenvalue weighted by Gasteiger charge is -2.33. The predicted octanol–water partition coefficient (Wildman–Crippen LogP) is 6.18. The van der Waals surface area contributed by atoms with Gasteiger partial charge in [0.2, 0.25) is 0 Å². The molecule has 0 atom stereocenters. The summed E-state index contributed by atoms with van der Waals surface area (Å²) in [7, 11) is -1.39. The van der Waals surface area contributed by atoms with Crippen LogP contribution in [0.5, 0.6) is 0 Å². The molecule has 1 heterocycles. The van der Waals surface area contributed by atoms with E-state index in [-0.39, 0.29) is 0 Å². The lowest BCUT2D eigenvalue weighted by molar-refractivity contribution is -0.418. The van der Waals surface area contributed by atoms with Gasteiger partial charge in [0.25, 0.3) is 0 Å². The average Bonchev–Trinajstić information content (AvgIpc) is 3.01. The maximum absolute atomic E-state index is 4.37. The fourth-order valence-electron chi connectivity index (χ4n) is 4.44. The van der Waals surface area contributed by atoms with Gasteiger partial charge in [-0.15, -0.1) is 0 Å². The van der Waals surface area contributed by atoms with Gasteiger partial charge in [-0.1, -0.05) is 94.1 Å². The quantitative estimate of drug-likeness (QED) is 0.346. The Morgan fingerprint density at radius 1 is 1.12 bits per heavy atom. The molecule has 2 heteroatoms. The summed E-state index contributed by atoms with van der Waals surface area (Å²) in [6.07, 6.45) is 11.7. The van der Waals surface area contributed by atoms with Crippen molar-refractivity contribution in [3.8, 4) is 0 Å². The standard InChI is InChI=1S/C23H33NSi/c1-17-10-9-11-18(2)23(17)21-15-20(14-19-12-7-8-13-19)22(16-24(21)3)25(4,5)6/h9-11,15-16,19H,3,7-8,12-14H2,1-2,4-6H3. The molecular weight excluding hydrogens is 318 g/mol. The van der Waals surface area contributed by atoms with Gasteiger partial charge in [-0.25, -0.2) is 0 Å². The van der Waals surface area contributed by atoms with E-state index in [9.17, 15) is 0 Å². The van der Waals surface area contributed by atoms with Crippen LogP contribution in [0.25, 0.3) is 0 Å². The van der Waals surface area contributed by atoms with E-state index >= 15 is 0 Å². The van der Waals surface area contributed by atoms with Gasteiger partial charge >= 0.3 is 0 Å². The van der Waals surface area contributed by atoms with Crippen molar-refractivity contribution < 1.29 is 4.58 Å². The second kappa shape index (κ2) is 6.99. The van der Waals surface area contributed by atoms with Gasteiger partial charge in [0.15, 0.2) is 0 Å². The molecule has 0 aromatic heterocycles. The number of hydrogen-bond donors (Lipinski definition) is 0. The van der Waals surface area contributed by atoms with Crippen molar-refractivity contribution in [3.05, 3.63) is 64.0 Å². The number of aryl methyl sites for hydroxylation is 2. The van der Waals surface area contributed by atoms with Crippen molar-refractivity contribution >= 4 is 14.8 Å². The molecule has 25 heavy (non-hydrogen) atoms. The van der Waals surface area contributed by atoms with Gasteiger partial charge < -0.3 is 0 Å². The Bertz CT molecular complexity index is 707. The summed E-state index contributed by atoms with van der Waals surface area (Å²) in [6, 6.07) is 7.85. The van der Waals surface area contributed by atoms with Gasteiger partial charge in [-0.05, 0) is 29.2 Å². The molecule has 134 valence electrons. The van der Waals surface area contributed by atoms with Crippen LogP contribution in [0.3, 0.4) is 0 Å². The molecule has 1 aliphatic heterocycles. The third-order valence-electron chi connectivity index (χ3n) is 5.78. The van der Waals surface area contributed by atoms with Crippen molar-refractivity contribution in [1.82, 2.24) is 0 Å². The highest BCUT2D eigenvalue weighted by Gasteiger charge is 2.31. The maximum atomic E-state index is 4.37. The molecule has 1 saturated carbocycles. The molecule has 1 aromatic carbocycles. The maximum Gasteiger partial charge on any atom is 0.147 e. The van der Waals surface area contributed by atoms with Gasteiger partial charge in [-0.2, -0.15) is 0 Å². The monoisotopic (exact) mass is 351 g/mol. The van der Waals surface area contributed by atoms with E-state index < -0.39 is 8.07 Å². The van der Waals surface area contributed by atoms with Crippen molar-refractivity contribution in [2.24, 2.45) is 5.92 Å². The van der Waals surface area contributed by atoms with Crippen LogP contribution < -0.4 is 0 Å². The second-order valence-electron chi connectivity index (χ2n) is 8.94. The number of allylic oxidation sites excluding steroid dienone is 2. The Kier molecular flexibility index (Phi) is 5.10. The molecule has 0 saturated heterocycles. The highest BCUT2D eigenvalue weighted by molar-refractivity contribution is 6.84. The average molecular weight is 352 g/mol. The van der Waals surface area contributed by atoms with Crippen molar-refractivity contribution in [2.45, 2.75) is 65.6 Å². The second-order valence-corrected chi connectivity index (χ2v) is 14.0. The molecule has 1 fully saturated rings. The number of nitrogens with zero attached hydrogens (tertiary/aromatic N) is 1. The molecule has 1 aromatic rings. The van der Waals surface area contributed by atoms with Crippen LogP contribution in [-0.2, 0) is 0 Å². The third-order valence-corrected chi connectivity index (χ3v) is 7.85. The molecule has 2 aliphatic rings. The van der Waals surface area contributed by atoms with E-state index in [1.165, 1.54) is 54.8 Å². The summed E-state index contributed by atoms with van der Waals surface area (Å²) in [4.78, 5) is 0. The summed E-state index contributed by atoms with van der Waals surface area (Å²) < 4.78 is 2.13. The fraction of sp³-hybridized carbons (Fsp3) is 0.478. The number of rotatable bonds is 4. The van der Waals surface area contributed by atoms with Crippen LogP contribution in [0.15, 0.2) is 41.2 Å². The molecule has 0 amide bonds. The molecule has 1 aliphatic carbocycles. The minimum atomic E-state index is -1.39. The molecule has 0 unspecified atom stereocenters. The smallest absolute Gasteiger partial charge is 0.147 e. The highest BCUT2D eigenvalue weighted by Crippen LogP contribution is 2.39. The largest absolute Gasteiger partial charge is 0.255 e. The van der Waals surface area contributed by atoms with Crippen LogP contribution in [0, 0.1) is 25.8 Å². The van der Waals surface area contributed by atoms with Crippen LogP contribution in [0.1, 0.15) is 48.8 Å². The Balaban J connectivity index is 2.02. The van der Waals surface area contributed by atoms with Crippen molar-refractivity contribution in [3.63, 3.8) is 0 Å². The predicted molar refractivity (Wildman–Crippen MR) is 112 cm³/mol. The highest BCUT2D eigenvalue weighted by atomic mass is 28.3. The summed E-state index contributed by atoms with van der Waals surface area (Å²) in [5.74, 6) is 0.876. The Hall–Kier alpha value is -1.54. The molecule has 1 nitrogen and oxygen atoms in total. The first-order valence-electron chi connectivity index (χ1n) is 9.74. The first-order valence-corrected chi connectivity index (χ1v) is 13.2. The summed E-state index contributed by atoms with van der Waals surface area (Å²) in [6.45, 7) is 16.2. The topological polar surface area (TPSA) is 3.01 Å². The van der Waals surface area contributed by atoms with Gasteiger partial charge in [0.1, 0.15) is 12.2 Å². The molecular formula is C23H33NSi. The van der Waals surface area contributed by atoms with Gasteiger partial charge in [-0.3, -0.25) is 4.58 Å². The normalized spacial score (nSPS) is 19.2. The van der Waals surface area contributed by atoms with Gasteiger partial charge in [0, 0.05) is 0 Å². The fourth-order valence-corrected chi connectivity index (χ4v) is 6.12. The van der Waals surface area contributed by atoms with E-state index in [4.69, 9.17) is 0 Å².